The maximum atomic E-state index is 12.4. The van der Waals surface area contributed by atoms with Gasteiger partial charge in [-0.05, 0) is 51.0 Å². The summed E-state index contributed by atoms with van der Waals surface area (Å²) < 4.78 is 17.0. The van der Waals surface area contributed by atoms with E-state index in [4.69, 9.17) is 25.8 Å². The number of carbonyl (C=O) groups is 1. The molecule has 1 aromatic rings. The predicted molar refractivity (Wildman–Crippen MR) is 97.9 cm³/mol. The van der Waals surface area contributed by atoms with Crippen LogP contribution in [0, 0.1) is 5.41 Å². The quantitative estimate of drug-likeness (QED) is 0.708. The van der Waals surface area contributed by atoms with Gasteiger partial charge >= 0.3 is 0 Å². The van der Waals surface area contributed by atoms with Crippen molar-refractivity contribution in [3.05, 3.63) is 29.3 Å². The minimum Gasteiger partial charge on any atom is -0.478 e. The van der Waals surface area contributed by atoms with E-state index in [1.54, 1.807) is 38.1 Å². The summed E-state index contributed by atoms with van der Waals surface area (Å²) in [5.74, 6) is 0.467. The monoisotopic (exact) mass is 369 g/mol. The van der Waals surface area contributed by atoms with Gasteiger partial charge in [0.25, 0.3) is 5.91 Å². The summed E-state index contributed by atoms with van der Waals surface area (Å²) in [7, 11) is 0. The van der Waals surface area contributed by atoms with Gasteiger partial charge in [-0.15, -0.1) is 0 Å². The lowest BCUT2D eigenvalue weighted by atomic mass is 9.87. The first kappa shape index (κ1) is 20.0. The average molecular weight is 370 g/mol. The molecule has 0 radical (unpaired) electrons. The molecule has 25 heavy (non-hydrogen) atoms. The Hall–Kier alpha value is -1.30. The molecule has 1 aliphatic heterocycles. The minimum atomic E-state index is -0.957. The molecule has 140 valence electrons. The Kier molecular flexibility index (Phi) is 6.72. The van der Waals surface area contributed by atoms with Gasteiger partial charge in [0.1, 0.15) is 5.75 Å². The van der Waals surface area contributed by atoms with Crippen molar-refractivity contribution >= 4 is 17.5 Å². The van der Waals surface area contributed by atoms with Gasteiger partial charge < -0.3 is 19.5 Å². The van der Waals surface area contributed by atoms with Crippen LogP contribution in [0.4, 0.5) is 0 Å². The lowest BCUT2D eigenvalue weighted by molar-refractivity contribution is -0.134. The zero-order valence-electron chi connectivity index (χ0n) is 15.4. The highest BCUT2D eigenvalue weighted by atomic mass is 35.5. The second-order valence-electron chi connectivity index (χ2n) is 7.49. The van der Waals surface area contributed by atoms with Gasteiger partial charge in [0.05, 0.1) is 13.2 Å². The molecule has 0 bridgehead atoms. The number of amides is 1. The van der Waals surface area contributed by atoms with Crippen LogP contribution in [0.2, 0.25) is 5.02 Å². The topological polar surface area (TPSA) is 56.8 Å². The number of benzene rings is 1. The fourth-order valence-corrected chi connectivity index (χ4v) is 2.86. The van der Waals surface area contributed by atoms with E-state index < -0.39 is 5.60 Å². The third-order valence-corrected chi connectivity index (χ3v) is 4.53. The summed E-state index contributed by atoms with van der Waals surface area (Å²) in [6, 6.07) is 6.98. The van der Waals surface area contributed by atoms with Gasteiger partial charge in [0, 0.05) is 17.0 Å². The molecular formula is C19H28ClNO4. The molecule has 0 unspecified atom stereocenters. The number of hydrogen-bond donors (Lipinski definition) is 1. The van der Waals surface area contributed by atoms with E-state index in [0.29, 0.717) is 30.5 Å². The first-order valence-electron chi connectivity index (χ1n) is 8.67. The molecule has 0 saturated carbocycles. The Bertz CT molecular complexity index is 565. The van der Waals surface area contributed by atoms with E-state index >= 15 is 0 Å². The lowest BCUT2D eigenvalue weighted by Crippen LogP contribution is -2.47. The van der Waals surface area contributed by atoms with E-state index in [1.165, 1.54) is 0 Å². The molecule has 1 fully saturated rings. The molecule has 0 spiro atoms. The fourth-order valence-electron chi connectivity index (χ4n) is 2.73. The minimum absolute atomic E-state index is 0.0729. The molecule has 2 rings (SSSR count). The Morgan fingerprint density at radius 3 is 2.40 bits per heavy atom. The van der Waals surface area contributed by atoms with Crippen molar-refractivity contribution in [1.29, 1.82) is 0 Å². The maximum absolute atomic E-state index is 12.4. The molecule has 0 aromatic heterocycles. The number of rotatable bonds is 8. The van der Waals surface area contributed by atoms with E-state index in [2.05, 4.69) is 19.2 Å². The highest BCUT2D eigenvalue weighted by molar-refractivity contribution is 6.30. The van der Waals surface area contributed by atoms with E-state index in [0.717, 1.165) is 12.8 Å². The van der Waals surface area contributed by atoms with E-state index in [-0.39, 0.29) is 17.6 Å². The molecule has 1 saturated heterocycles. The van der Waals surface area contributed by atoms with Crippen molar-refractivity contribution in [3.63, 3.8) is 0 Å². The number of nitrogens with one attached hydrogen (secondary N) is 1. The largest absolute Gasteiger partial charge is 0.478 e. The Morgan fingerprint density at radius 2 is 1.80 bits per heavy atom. The van der Waals surface area contributed by atoms with Gasteiger partial charge in [-0.3, -0.25) is 4.79 Å². The van der Waals surface area contributed by atoms with E-state index in [9.17, 15) is 4.79 Å². The number of halogens is 1. The van der Waals surface area contributed by atoms with Crippen molar-refractivity contribution in [3.8, 4) is 5.75 Å². The fraction of sp³-hybridized carbons (Fsp3) is 0.632. The van der Waals surface area contributed by atoms with Crippen molar-refractivity contribution in [2.75, 3.05) is 19.8 Å². The van der Waals surface area contributed by atoms with Crippen LogP contribution in [0.15, 0.2) is 24.3 Å². The van der Waals surface area contributed by atoms with Crippen molar-refractivity contribution in [2.45, 2.75) is 52.4 Å². The second kappa shape index (κ2) is 8.39. The summed E-state index contributed by atoms with van der Waals surface area (Å²) in [5, 5.41) is 3.58. The molecule has 1 heterocycles. The van der Waals surface area contributed by atoms with Gasteiger partial charge in [0.15, 0.2) is 11.9 Å². The van der Waals surface area contributed by atoms with Crippen LogP contribution in [0.5, 0.6) is 5.75 Å². The summed E-state index contributed by atoms with van der Waals surface area (Å²) in [5.41, 5.74) is -1.03. The van der Waals surface area contributed by atoms with Crippen molar-refractivity contribution < 1.29 is 19.0 Å². The van der Waals surface area contributed by atoms with Crippen LogP contribution in [-0.4, -0.2) is 37.6 Å². The third-order valence-electron chi connectivity index (χ3n) is 4.28. The SMILES string of the molecule is CC(C)(Oc1ccc(Cl)cc1)C(=O)NCCCC(C)(C)C1OCCO1. The number of hydrogen-bond acceptors (Lipinski definition) is 4. The van der Waals surface area contributed by atoms with Gasteiger partial charge in [-0.25, -0.2) is 0 Å². The Balaban J connectivity index is 1.75. The van der Waals surface area contributed by atoms with E-state index in [1.807, 2.05) is 0 Å². The van der Waals surface area contributed by atoms with Gasteiger partial charge in [-0.2, -0.15) is 0 Å². The highest BCUT2D eigenvalue weighted by Crippen LogP contribution is 2.32. The number of carbonyl (C=O) groups excluding carboxylic acids is 1. The molecule has 0 atom stereocenters. The Labute approximate surface area is 155 Å². The maximum Gasteiger partial charge on any atom is 0.263 e. The van der Waals surface area contributed by atoms with Gasteiger partial charge in [-0.1, -0.05) is 25.4 Å². The van der Waals surface area contributed by atoms with Crippen LogP contribution >= 0.6 is 11.6 Å². The summed E-state index contributed by atoms with van der Waals surface area (Å²) in [6.07, 6.45) is 1.59. The molecule has 1 aromatic carbocycles. The van der Waals surface area contributed by atoms with Crippen LogP contribution in [0.3, 0.4) is 0 Å². The normalized spacial score (nSPS) is 16.0. The molecule has 1 amide bonds. The predicted octanol–water partition coefficient (Wildman–Crippen LogP) is 3.79. The first-order chi connectivity index (χ1) is 11.7. The van der Waals surface area contributed by atoms with Crippen LogP contribution < -0.4 is 10.1 Å². The molecule has 5 nitrogen and oxygen atoms in total. The number of ether oxygens (including phenoxy) is 3. The highest BCUT2D eigenvalue weighted by Gasteiger charge is 2.34. The second-order valence-corrected chi connectivity index (χ2v) is 7.92. The molecule has 0 aliphatic carbocycles. The summed E-state index contributed by atoms with van der Waals surface area (Å²) in [6.45, 7) is 9.64. The van der Waals surface area contributed by atoms with Crippen LogP contribution in [-0.2, 0) is 14.3 Å². The Morgan fingerprint density at radius 1 is 1.20 bits per heavy atom. The van der Waals surface area contributed by atoms with Crippen molar-refractivity contribution in [2.24, 2.45) is 5.41 Å². The van der Waals surface area contributed by atoms with Crippen LogP contribution in [0.25, 0.3) is 0 Å². The molecule has 1 aliphatic rings. The zero-order chi connectivity index (χ0) is 18.5. The lowest BCUT2D eigenvalue weighted by Gasteiger charge is -2.30. The summed E-state index contributed by atoms with van der Waals surface area (Å²) >= 11 is 5.86. The smallest absolute Gasteiger partial charge is 0.263 e. The van der Waals surface area contributed by atoms with Crippen molar-refractivity contribution in [1.82, 2.24) is 5.32 Å². The summed E-state index contributed by atoms with van der Waals surface area (Å²) in [4.78, 5) is 12.4. The van der Waals surface area contributed by atoms with Gasteiger partial charge in [0.2, 0.25) is 0 Å². The average Bonchev–Trinajstić information content (AvgIpc) is 3.09. The molecule has 6 heteroatoms. The zero-order valence-corrected chi connectivity index (χ0v) is 16.2. The van der Waals surface area contributed by atoms with Crippen LogP contribution in [0.1, 0.15) is 40.5 Å². The third kappa shape index (κ3) is 5.87. The first-order valence-corrected chi connectivity index (χ1v) is 9.05. The molecular weight excluding hydrogens is 342 g/mol. The standard InChI is InChI=1S/C19H28ClNO4/c1-18(2,17-23-12-13-24-17)10-5-11-21-16(22)19(3,4)25-15-8-6-14(20)7-9-15/h6-9,17H,5,10-13H2,1-4H3,(H,21,22). The molecule has 1 N–H and O–H groups in total.